The maximum Gasteiger partial charge on any atom is 0.221 e. The number of nitrogen functional groups attached to an aromatic ring is 1. The number of pyridine rings is 1. The predicted octanol–water partition coefficient (Wildman–Crippen LogP) is 2.80. The fourth-order valence-corrected chi connectivity index (χ4v) is 3.53. The van der Waals surface area contributed by atoms with Crippen LogP contribution in [0.1, 0.15) is 47.6 Å². The van der Waals surface area contributed by atoms with Gasteiger partial charge in [-0.15, -0.1) is 0 Å². The Morgan fingerprint density at radius 2 is 1.96 bits per heavy atom. The number of methoxy groups -OCH3 is 1. The molecule has 0 unspecified atom stereocenters. The number of hydrogen-bond acceptors (Lipinski definition) is 7. The van der Waals surface area contributed by atoms with E-state index in [0.29, 0.717) is 28.8 Å². The molecule has 0 aliphatic heterocycles. The first-order valence-electron chi connectivity index (χ1n) is 9.32. The van der Waals surface area contributed by atoms with Crippen molar-refractivity contribution in [3.63, 3.8) is 0 Å². The van der Waals surface area contributed by atoms with Crippen LogP contribution in [-0.2, 0) is 12.0 Å². The van der Waals surface area contributed by atoms with E-state index in [9.17, 15) is 9.90 Å². The Labute approximate surface area is 162 Å². The van der Waals surface area contributed by atoms with Gasteiger partial charge in [0.1, 0.15) is 22.6 Å². The van der Waals surface area contributed by atoms with Crippen molar-refractivity contribution < 1.29 is 14.6 Å². The van der Waals surface area contributed by atoms with Crippen LogP contribution in [0.25, 0.3) is 10.9 Å². The van der Waals surface area contributed by atoms with Crippen LogP contribution in [0.2, 0.25) is 0 Å². The number of ether oxygens (including phenoxy) is 1. The summed E-state index contributed by atoms with van der Waals surface area (Å²) in [6.45, 7) is 0. The van der Waals surface area contributed by atoms with Gasteiger partial charge < -0.3 is 15.6 Å². The third-order valence-corrected chi connectivity index (χ3v) is 5.26. The van der Waals surface area contributed by atoms with Gasteiger partial charge in [-0.1, -0.05) is 18.2 Å². The quantitative estimate of drug-likeness (QED) is 0.634. The molecule has 1 aromatic carbocycles. The summed E-state index contributed by atoms with van der Waals surface area (Å²) in [6.07, 6.45) is 3.16. The van der Waals surface area contributed by atoms with Crippen molar-refractivity contribution >= 4 is 22.6 Å². The molecule has 2 aromatic heterocycles. The molecule has 0 bridgehead atoms. The standard InChI is InChI=1S/C21H22N4O3/c1-28-16-7-3-6-14-18(24-20(22)25-19(14)16)15(26)10-9-13-5-2-8-17(23-13)21(27)11-4-12-21/h2-3,5-8,27H,4,9-12H2,1H3,(H2,22,24,25). The molecule has 1 aliphatic rings. The number of nitrogens with two attached hydrogens (primary N) is 1. The van der Waals surface area contributed by atoms with Crippen LogP contribution < -0.4 is 10.5 Å². The average molecular weight is 378 g/mol. The maximum atomic E-state index is 12.9. The molecule has 0 spiro atoms. The number of aromatic nitrogens is 3. The molecule has 144 valence electrons. The minimum absolute atomic E-state index is 0.0349. The van der Waals surface area contributed by atoms with Gasteiger partial charge in [0.25, 0.3) is 0 Å². The normalized spacial score (nSPS) is 15.2. The molecular formula is C21H22N4O3. The lowest BCUT2D eigenvalue weighted by atomic mass is 9.77. The number of aliphatic hydroxyl groups is 1. The van der Waals surface area contributed by atoms with Crippen LogP contribution in [0.15, 0.2) is 36.4 Å². The van der Waals surface area contributed by atoms with E-state index in [2.05, 4.69) is 15.0 Å². The van der Waals surface area contributed by atoms with Crippen molar-refractivity contribution in [1.82, 2.24) is 15.0 Å². The van der Waals surface area contributed by atoms with Gasteiger partial charge in [0, 0.05) is 17.5 Å². The van der Waals surface area contributed by atoms with E-state index >= 15 is 0 Å². The van der Waals surface area contributed by atoms with E-state index < -0.39 is 5.60 Å². The predicted molar refractivity (Wildman–Crippen MR) is 105 cm³/mol. The van der Waals surface area contributed by atoms with E-state index in [1.807, 2.05) is 18.2 Å². The first-order valence-corrected chi connectivity index (χ1v) is 9.32. The van der Waals surface area contributed by atoms with Crippen molar-refractivity contribution in [1.29, 1.82) is 0 Å². The number of rotatable bonds is 6. The minimum atomic E-state index is -0.812. The van der Waals surface area contributed by atoms with Gasteiger partial charge in [0.15, 0.2) is 5.78 Å². The lowest BCUT2D eigenvalue weighted by Gasteiger charge is -2.36. The molecule has 0 amide bonds. The Morgan fingerprint density at radius 1 is 1.18 bits per heavy atom. The van der Waals surface area contributed by atoms with Crippen molar-refractivity contribution in [3.05, 3.63) is 53.5 Å². The van der Waals surface area contributed by atoms with Crippen LogP contribution in [-0.4, -0.2) is 33.0 Å². The summed E-state index contributed by atoms with van der Waals surface area (Å²) in [4.78, 5) is 25.8. The molecule has 3 aromatic rings. The fraction of sp³-hybridized carbons (Fsp3) is 0.333. The summed E-state index contributed by atoms with van der Waals surface area (Å²) >= 11 is 0. The number of carbonyl (C=O) groups is 1. The molecule has 1 aliphatic carbocycles. The van der Waals surface area contributed by atoms with E-state index in [0.717, 1.165) is 25.0 Å². The topological polar surface area (TPSA) is 111 Å². The molecule has 4 rings (SSSR count). The van der Waals surface area contributed by atoms with Gasteiger partial charge >= 0.3 is 0 Å². The van der Waals surface area contributed by atoms with E-state index in [1.54, 1.807) is 25.3 Å². The van der Waals surface area contributed by atoms with Crippen molar-refractivity contribution in [2.24, 2.45) is 0 Å². The second-order valence-electron chi connectivity index (χ2n) is 7.11. The highest BCUT2D eigenvalue weighted by Crippen LogP contribution is 2.40. The van der Waals surface area contributed by atoms with Gasteiger partial charge in [-0.25, -0.2) is 9.97 Å². The Morgan fingerprint density at radius 3 is 2.68 bits per heavy atom. The Kier molecular flexibility index (Phi) is 4.68. The van der Waals surface area contributed by atoms with Crippen molar-refractivity contribution in [2.75, 3.05) is 12.8 Å². The van der Waals surface area contributed by atoms with Crippen LogP contribution in [0.5, 0.6) is 5.75 Å². The van der Waals surface area contributed by atoms with Gasteiger partial charge in [-0.2, -0.15) is 0 Å². The smallest absolute Gasteiger partial charge is 0.221 e. The molecule has 1 fully saturated rings. The monoisotopic (exact) mass is 378 g/mol. The molecule has 1 saturated carbocycles. The molecule has 28 heavy (non-hydrogen) atoms. The summed E-state index contributed by atoms with van der Waals surface area (Å²) in [6, 6.07) is 10.9. The number of carbonyl (C=O) groups excluding carboxylic acids is 1. The summed E-state index contributed by atoms with van der Waals surface area (Å²) in [5, 5.41) is 11.1. The van der Waals surface area contributed by atoms with Gasteiger partial charge in [-0.3, -0.25) is 9.78 Å². The number of hydrogen-bond donors (Lipinski definition) is 2. The fourth-order valence-electron chi connectivity index (χ4n) is 3.53. The number of benzene rings is 1. The summed E-state index contributed by atoms with van der Waals surface area (Å²) < 4.78 is 5.32. The summed E-state index contributed by atoms with van der Waals surface area (Å²) in [5.74, 6) is 0.443. The summed E-state index contributed by atoms with van der Waals surface area (Å²) in [5.41, 5.74) is 7.27. The SMILES string of the molecule is COc1cccc2c(C(=O)CCc3cccc(C4(O)CCC4)n3)nc(N)nc12. The number of anilines is 1. The Balaban J connectivity index is 1.57. The average Bonchev–Trinajstić information content (AvgIpc) is 2.69. The van der Waals surface area contributed by atoms with Crippen molar-refractivity contribution in [3.8, 4) is 5.75 Å². The van der Waals surface area contributed by atoms with Crippen LogP contribution in [0.4, 0.5) is 5.95 Å². The third kappa shape index (κ3) is 3.29. The zero-order valence-corrected chi connectivity index (χ0v) is 15.7. The number of fused-ring (bicyclic) bond motifs is 1. The number of ketones is 1. The highest BCUT2D eigenvalue weighted by atomic mass is 16.5. The zero-order valence-electron chi connectivity index (χ0n) is 15.7. The van der Waals surface area contributed by atoms with Crippen LogP contribution >= 0.6 is 0 Å². The van der Waals surface area contributed by atoms with Gasteiger partial charge in [0.2, 0.25) is 5.95 Å². The zero-order chi connectivity index (χ0) is 19.7. The molecule has 3 N–H and O–H groups in total. The largest absolute Gasteiger partial charge is 0.494 e. The lowest BCUT2D eigenvalue weighted by molar-refractivity contribution is -0.0427. The number of nitrogens with zero attached hydrogens (tertiary/aromatic N) is 3. The lowest BCUT2D eigenvalue weighted by Crippen LogP contribution is -2.34. The summed E-state index contributed by atoms with van der Waals surface area (Å²) in [7, 11) is 1.54. The van der Waals surface area contributed by atoms with Crippen LogP contribution in [0.3, 0.4) is 0 Å². The molecule has 0 radical (unpaired) electrons. The Bertz CT molecular complexity index is 1050. The number of aryl methyl sites for hydroxylation is 1. The van der Waals surface area contributed by atoms with Gasteiger partial charge in [0.05, 0.1) is 12.8 Å². The van der Waals surface area contributed by atoms with Crippen molar-refractivity contribution in [2.45, 2.75) is 37.7 Å². The second-order valence-corrected chi connectivity index (χ2v) is 7.11. The number of Topliss-reactive ketones (excluding diaryl/α,β-unsaturated/α-hetero) is 1. The highest BCUT2D eigenvalue weighted by Gasteiger charge is 2.37. The third-order valence-electron chi connectivity index (χ3n) is 5.26. The molecule has 0 saturated heterocycles. The maximum absolute atomic E-state index is 12.9. The molecule has 2 heterocycles. The highest BCUT2D eigenvalue weighted by molar-refractivity contribution is 6.07. The minimum Gasteiger partial charge on any atom is -0.494 e. The first-order chi connectivity index (χ1) is 13.5. The van der Waals surface area contributed by atoms with Crippen LogP contribution in [0, 0.1) is 0 Å². The molecular weight excluding hydrogens is 356 g/mol. The molecule has 0 atom stereocenters. The van der Waals surface area contributed by atoms with E-state index in [1.165, 1.54) is 0 Å². The molecule has 7 heteroatoms. The van der Waals surface area contributed by atoms with E-state index in [4.69, 9.17) is 10.5 Å². The molecule has 7 nitrogen and oxygen atoms in total. The van der Waals surface area contributed by atoms with E-state index in [-0.39, 0.29) is 23.8 Å². The first kappa shape index (κ1) is 18.3. The number of para-hydroxylation sites is 1. The Hall–Kier alpha value is -3.06. The van der Waals surface area contributed by atoms with Gasteiger partial charge in [-0.05, 0) is 43.9 Å². The second kappa shape index (κ2) is 7.16.